The fourth-order valence-electron chi connectivity index (χ4n) is 3.84. The van der Waals surface area contributed by atoms with Gasteiger partial charge in [-0.2, -0.15) is 0 Å². The molecule has 7 heteroatoms. The SMILES string of the molecule is CC(C)(C)OC(=O)N1CCCC1C(=O)NCC(c1cccs1)N1CCCC1. The number of hydrogen-bond donors (Lipinski definition) is 1. The molecule has 0 saturated carbocycles. The molecule has 1 N–H and O–H groups in total. The van der Waals surface area contributed by atoms with Gasteiger partial charge in [0.25, 0.3) is 0 Å². The van der Waals surface area contributed by atoms with Crippen molar-refractivity contribution in [2.24, 2.45) is 0 Å². The molecule has 2 atom stereocenters. The van der Waals surface area contributed by atoms with Crippen molar-refractivity contribution in [2.75, 3.05) is 26.2 Å². The maximum absolute atomic E-state index is 12.8. The van der Waals surface area contributed by atoms with E-state index in [0.717, 1.165) is 19.5 Å². The zero-order chi connectivity index (χ0) is 19.4. The highest BCUT2D eigenvalue weighted by atomic mass is 32.1. The molecular formula is C20H31N3O3S. The Morgan fingerprint density at radius 1 is 1.26 bits per heavy atom. The quantitative estimate of drug-likeness (QED) is 0.833. The molecule has 2 aliphatic heterocycles. The summed E-state index contributed by atoms with van der Waals surface area (Å²) in [5.41, 5.74) is -0.555. The van der Waals surface area contributed by atoms with Crippen molar-refractivity contribution in [1.29, 1.82) is 0 Å². The lowest BCUT2D eigenvalue weighted by Gasteiger charge is -2.30. The third-order valence-electron chi connectivity index (χ3n) is 5.11. The fourth-order valence-corrected chi connectivity index (χ4v) is 4.70. The lowest BCUT2D eigenvalue weighted by Crippen LogP contribution is -2.49. The van der Waals surface area contributed by atoms with Gasteiger partial charge in [0.2, 0.25) is 5.91 Å². The maximum atomic E-state index is 12.8. The Hall–Kier alpha value is -1.60. The highest BCUT2D eigenvalue weighted by Crippen LogP contribution is 2.28. The second-order valence-corrected chi connectivity index (χ2v) is 9.33. The number of thiophene rings is 1. The van der Waals surface area contributed by atoms with Crippen LogP contribution in [0.2, 0.25) is 0 Å². The Bertz CT molecular complexity index is 635. The van der Waals surface area contributed by atoms with Crippen LogP contribution in [-0.4, -0.2) is 59.6 Å². The molecular weight excluding hydrogens is 362 g/mol. The minimum Gasteiger partial charge on any atom is -0.444 e. The van der Waals surface area contributed by atoms with Gasteiger partial charge in [-0.3, -0.25) is 14.6 Å². The van der Waals surface area contributed by atoms with Crippen LogP contribution in [0.5, 0.6) is 0 Å². The van der Waals surface area contributed by atoms with Gasteiger partial charge < -0.3 is 10.1 Å². The molecule has 0 bridgehead atoms. The van der Waals surface area contributed by atoms with Gasteiger partial charge in [0.1, 0.15) is 11.6 Å². The normalized spacial score (nSPS) is 22.0. The zero-order valence-electron chi connectivity index (χ0n) is 16.6. The van der Waals surface area contributed by atoms with E-state index in [4.69, 9.17) is 4.74 Å². The summed E-state index contributed by atoms with van der Waals surface area (Å²) in [5.74, 6) is -0.0703. The summed E-state index contributed by atoms with van der Waals surface area (Å²) >= 11 is 1.74. The van der Waals surface area contributed by atoms with E-state index in [0.29, 0.717) is 19.5 Å². The number of carbonyl (C=O) groups is 2. The molecule has 0 radical (unpaired) electrons. The van der Waals surface area contributed by atoms with E-state index in [2.05, 4.69) is 27.7 Å². The molecule has 150 valence electrons. The third kappa shape index (κ3) is 5.23. The number of carbonyl (C=O) groups excluding carboxylic acids is 2. The molecule has 6 nitrogen and oxygen atoms in total. The molecule has 0 aromatic carbocycles. The first-order chi connectivity index (χ1) is 12.8. The number of ether oxygens (including phenoxy) is 1. The lowest BCUT2D eigenvalue weighted by atomic mass is 10.1. The van der Waals surface area contributed by atoms with Crippen LogP contribution in [0.15, 0.2) is 17.5 Å². The van der Waals surface area contributed by atoms with Gasteiger partial charge in [0, 0.05) is 18.0 Å². The Labute approximate surface area is 165 Å². The molecule has 0 aliphatic carbocycles. The molecule has 2 amide bonds. The summed E-state index contributed by atoms with van der Waals surface area (Å²) < 4.78 is 5.47. The van der Waals surface area contributed by atoms with Gasteiger partial charge in [-0.25, -0.2) is 4.79 Å². The van der Waals surface area contributed by atoms with Crippen LogP contribution in [0, 0.1) is 0 Å². The van der Waals surface area contributed by atoms with Crippen molar-refractivity contribution < 1.29 is 14.3 Å². The van der Waals surface area contributed by atoms with E-state index >= 15 is 0 Å². The number of nitrogens with zero attached hydrogens (tertiary/aromatic N) is 2. The summed E-state index contributed by atoms with van der Waals surface area (Å²) in [7, 11) is 0. The van der Waals surface area contributed by atoms with Crippen LogP contribution < -0.4 is 5.32 Å². The predicted molar refractivity (Wildman–Crippen MR) is 107 cm³/mol. The van der Waals surface area contributed by atoms with E-state index in [-0.39, 0.29) is 11.9 Å². The molecule has 3 rings (SSSR count). The number of likely N-dealkylation sites (tertiary alicyclic amines) is 2. The molecule has 1 aromatic heterocycles. The van der Waals surface area contributed by atoms with E-state index in [1.807, 2.05) is 20.8 Å². The van der Waals surface area contributed by atoms with Crippen LogP contribution in [-0.2, 0) is 9.53 Å². The van der Waals surface area contributed by atoms with Gasteiger partial charge >= 0.3 is 6.09 Å². The second kappa shape index (κ2) is 8.61. The monoisotopic (exact) mass is 393 g/mol. The topological polar surface area (TPSA) is 61.9 Å². The molecule has 1 aromatic rings. The first-order valence-electron chi connectivity index (χ1n) is 9.90. The van der Waals surface area contributed by atoms with Crippen molar-refractivity contribution in [3.05, 3.63) is 22.4 Å². The Morgan fingerprint density at radius 2 is 2.00 bits per heavy atom. The van der Waals surface area contributed by atoms with Crippen LogP contribution in [0.25, 0.3) is 0 Å². The zero-order valence-corrected chi connectivity index (χ0v) is 17.4. The van der Waals surface area contributed by atoms with Crippen molar-refractivity contribution in [3.8, 4) is 0 Å². The molecule has 2 aliphatic rings. The summed E-state index contributed by atoms with van der Waals surface area (Å²) in [5, 5.41) is 5.20. The third-order valence-corrected chi connectivity index (χ3v) is 6.08. The largest absolute Gasteiger partial charge is 0.444 e. The first kappa shape index (κ1) is 20.1. The number of hydrogen-bond acceptors (Lipinski definition) is 5. The Kier molecular flexibility index (Phi) is 6.42. The fraction of sp³-hybridized carbons (Fsp3) is 0.700. The van der Waals surface area contributed by atoms with Crippen LogP contribution in [0.4, 0.5) is 4.79 Å². The smallest absolute Gasteiger partial charge is 0.410 e. The molecule has 2 saturated heterocycles. The number of rotatable bonds is 5. The van der Waals surface area contributed by atoms with Crippen LogP contribution >= 0.6 is 11.3 Å². The van der Waals surface area contributed by atoms with Gasteiger partial charge in [0.05, 0.1) is 6.04 Å². The average molecular weight is 394 g/mol. The van der Waals surface area contributed by atoms with Crippen molar-refractivity contribution in [2.45, 2.75) is 64.1 Å². The number of nitrogens with one attached hydrogen (secondary N) is 1. The Balaban J connectivity index is 1.60. The van der Waals surface area contributed by atoms with Crippen molar-refractivity contribution in [1.82, 2.24) is 15.1 Å². The highest BCUT2D eigenvalue weighted by molar-refractivity contribution is 7.10. The molecule has 0 spiro atoms. The first-order valence-corrected chi connectivity index (χ1v) is 10.8. The van der Waals surface area contributed by atoms with E-state index in [9.17, 15) is 9.59 Å². The van der Waals surface area contributed by atoms with Gasteiger partial charge in [-0.15, -0.1) is 11.3 Å². The predicted octanol–water partition coefficient (Wildman–Crippen LogP) is 3.40. The van der Waals surface area contributed by atoms with Crippen molar-refractivity contribution in [3.63, 3.8) is 0 Å². The summed E-state index contributed by atoms with van der Waals surface area (Å²) in [6.07, 6.45) is 3.56. The van der Waals surface area contributed by atoms with Gasteiger partial charge in [-0.1, -0.05) is 6.07 Å². The highest BCUT2D eigenvalue weighted by Gasteiger charge is 2.37. The van der Waals surface area contributed by atoms with Gasteiger partial charge in [-0.05, 0) is 71.0 Å². The van der Waals surface area contributed by atoms with Crippen LogP contribution in [0.3, 0.4) is 0 Å². The summed E-state index contributed by atoms with van der Waals surface area (Å²) in [4.78, 5) is 30.6. The van der Waals surface area contributed by atoms with E-state index in [1.54, 1.807) is 16.2 Å². The van der Waals surface area contributed by atoms with Crippen molar-refractivity contribution >= 4 is 23.3 Å². The lowest BCUT2D eigenvalue weighted by molar-refractivity contribution is -0.125. The summed E-state index contributed by atoms with van der Waals surface area (Å²) in [6, 6.07) is 3.99. The van der Waals surface area contributed by atoms with Crippen LogP contribution in [0.1, 0.15) is 57.4 Å². The second-order valence-electron chi connectivity index (χ2n) is 8.35. The minimum atomic E-state index is -0.555. The standard InChI is InChI=1S/C20H31N3O3S/c1-20(2,3)26-19(25)23-12-6-8-15(23)18(24)21-14-16(17-9-7-13-27-17)22-10-4-5-11-22/h7,9,13,15-16H,4-6,8,10-12,14H2,1-3H3,(H,21,24). The maximum Gasteiger partial charge on any atom is 0.410 e. The molecule has 2 fully saturated rings. The van der Waals surface area contributed by atoms with Gasteiger partial charge in [0.15, 0.2) is 0 Å². The molecule has 2 unspecified atom stereocenters. The Morgan fingerprint density at radius 3 is 2.63 bits per heavy atom. The molecule has 3 heterocycles. The van der Waals surface area contributed by atoms with E-state index in [1.165, 1.54) is 17.7 Å². The van der Waals surface area contributed by atoms with E-state index < -0.39 is 17.7 Å². The summed E-state index contributed by atoms with van der Waals surface area (Å²) in [6.45, 7) is 8.84. The number of amides is 2. The molecule has 27 heavy (non-hydrogen) atoms. The minimum absolute atomic E-state index is 0.0703. The average Bonchev–Trinajstić information content (AvgIpc) is 3.35.